The lowest BCUT2D eigenvalue weighted by atomic mass is 10.2. The zero-order valence-corrected chi connectivity index (χ0v) is 13.8. The molecule has 2 rings (SSSR count). The highest BCUT2D eigenvalue weighted by atomic mass is 79.9. The molecule has 0 amide bonds. The van der Waals surface area contributed by atoms with Crippen molar-refractivity contribution in [1.82, 2.24) is 4.48 Å². The van der Waals surface area contributed by atoms with Crippen molar-refractivity contribution in [2.24, 2.45) is 0 Å². The summed E-state index contributed by atoms with van der Waals surface area (Å²) in [6, 6.07) is 19.0. The van der Waals surface area contributed by atoms with Gasteiger partial charge < -0.3 is 17.0 Å². The van der Waals surface area contributed by atoms with Gasteiger partial charge in [-0.3, -0.25) is 4.48 Å². The lowest BCUT2D eigenvalue weighted by molar-refractivity contribution is -0.00000358. The smallest absolute Gasteiger partial charge is 0.147 e. The van der Waals surface area contributed by atoms with Crippen LogP contribution in [0.25, 0.3) is 0 Å². The molecule has 1 nitrogen and oxygen atoms in total. The highest BCUT2D eigenvalue weighted by Gasteiger charge is 2.21. The number of quaternary nitrogens is 1. The predicted molar refractivity (Wildman–Crippen MR) is 77.9 cm³/mol. The monoisotopic (exact) mass is 369 g/mol. The van der Waals surface area contributed by atoms with Gasteiger partial charge in [-0.2, -0.15) is 0 Å². The van der Waals surface area contributed by atoms with Gasteiger partial charge in [0.2, 0.25) is 0 Å². The van der Waals surface area contributed by atoms with E-state index in [1.165, 1.54) is 15.7 Å². The van der Waals surface area contributed by atoms with E-state index < -0.39 is 0 Å². The van der Waals surface area contributed by atoms with Crippen LogP contribution in [-0.2, 0) is 6.54 Å². The zero-order chi connectivity index (χ0) is 12.3. The fourth-order valence-electron chi connectivity index (χ4n) is 2.07. The Morgan fingerprint density at radius 2 is 1.44 bits per heavy atom. The lowest BCUT2D eigenvalue weighted by Gasteiger charge is -2.30. The van der Waals surface area contributed by atoms with E-state index in [1.54, 1.807) is 0 Å². The maximum Gasteiger partial charge on any atom is 0.147 e. The molecular weight excluding hydrogens is 354 g/mol. The van der Waals surface area contributed by atoms with E-state index in [0.29, 0.717) is 0 Å². The molecule has 0 aromatic heterocycles. The van der Waals surface area contributed by atoms with Crippen LogP contribution in [0.15, 0.2) is 59.1 Å². The Balaban J connectivity index is 0.00000162. The lowest BCUT2D eigenvalue weighted by Crippen LogP contribution is -3.00. The number of hydrogen-bond acceptors (Lipinski definition) is 0. The van der Waals surface area contributed by atoms with Crippen LogP contribution in [-0.4, -0.2) is 14.1 Å². The normalized spacial score (nSPS) is 10.8. The van der Waals surface area contributed by atoms with Crippen molar-refractivity contribution in [1.29, 1.82) is 0 Å². The van der Waals surface area contributed by atoms with Crippen molar-refractivity contribution in [2.75, 3.05) is 14.1 Å². The summed E-state index contributed by atoms with van der Waals surface area (Å²) >= 11 is 3.63. The molecule has 0 atom stereocenters. The van der Waals surface area contributed by atoms with E-state index in [0.717, 1.165) is 11.0 Å². The van der Waals surface area contributed by atoms with Crippen LogP contribution in [0.4, 0.5) is 5.69 Å². The topological polar surface area (TPSA) is 0 Å². The first-order valence-electron chi connectivity index (χ1n) is 5.71. The van der Waals surface area contributed by atoms with Gasteiger partial charge in [0.25, 0.3) is 0 Å². The van der Waals surface area contributed by atoms with Crippen molar-refractivity contribution >= 4 is 21.6 Å². The predicted octanol–water partition coefficient (Wildman–Crippen LogP) is 1.22. The molecule has 0 bridgehead atoms. The van der Waals surface area contributed by atoms with E-state index in [-0.39, 0.29) is 17.0 Å². The SMILES string of the molecule is C[N+](C)(Cc1ccccc1)c1ccccc1Br.[Br-]. The summed E-state index contributed by atoms with van der Waals surface area (Å²) in [4.78, 5) is 0. The van der Waals surface area contributed by atoms with Gasteiger partial charge >= 0.3 is 0 Å². The molecule has 0 saturated heterocycles. The van der Waals surface area contributed by atoms with Crippen LogP contribution in [0, 0.1) is 0 Å². The van der Waals surface area contributed by atoms with Crippen LogP contribution in [0.3, 0.4) is 0 Å². The minimum Gasteiger partial charge on any atom is -1.00 e. The highest BCUT2D eigenvalue weighted by molar-refractivity contribution is 9.10. The quantitative estimate of drug-likeness (QED) is 0.712. The molecule has 3 heteroatoms. The number of hydrogen-bond donors (Lipinski definition) is 0. The number of benzene rings is 2. The minimum atomic E-state index is 0. The molecular formula is C15H17Br2N. The Morgan fingerprint density at radius 1 is 0.889 bits per heavy atom. The third kappa shape index (κ3) is 3.67. The van der Waals surface area contributed by atoms with Gasteiger partial charge in [0.1, 0.15) is 12.2 Å². The van der Waals surface area contributed by atoms with Gasteiger partial charge in [0.05, 0.1) is 18.6 Å². The zero-order valence-electron chi connectivity index (χ0n) is 10.6. The molecule has 0 spiro atoms. The fourth-order valence-corrected chi connectivity index (χ4v) is 2.83. The molecule has 0 N–H and O–H groups in total. The summed E-state index contributed by atoms with van der Waals surface area (Å²) in [5.41, 5.74) is 2.66. The second kappa shape index (κ2) is 6.50. The van der Waals surface area contributed by atoms with Crippen molar-refractivity contribution in [3.63, 3.8) is 0 Å². The van der Waals surface area contributed by atoms with Crippen molar-refractivity contribution in [3.8, 4) is 0 Å². The van der Waals surface area contributed by atoms with Crippen LogP contribution < -0.4 is 21.5 Å². The van der Waals surface area contributed by atoms with E-state index >= 15 is 0 Å². The minimum absolute atomic E-state index is 0. The molecule has 0 aliphatic rings. The van der Waals surface area contributed by atoms with E-state index in [9.17, 15) is 0 Å². The molecule has 2 aromatic carbocycles. The van der Waals surface area contributed by atoms with Crippen molar-refractivity contribution in [2.45, 2.75) is 6.54 Å². The molecule has 0 saturated carbocycles. The maximum atomic E-state index is 3.63. The number of para-hydroxylation sites is 1. The third-order valence-corrected chi connectivity index (χ3v) is 3.60. The Morgan fingerprint density at radius 3 is 2.06 bits per heavy atom. The average Bonchev–Trinajstić information content (AvgIpc) is 2.30. The van der Waals surface area contributed by atoms with Crippen LogP contribution >= 0.6 is 15.9 Å². The summed E-state index contributed by atoms with van der Waals surface area (Å²) in [6.45, 7) is 0.990. The second-order valence-electron chi connectivity index (χ2n) is 4.78. The number of nitrogens with zero attached hydrogens (tertiary/aromatic N) is 1. The molecule has 2 aromatic rings. The largest absolute Gasteiger partial charge is 1.00 e. The number of rotatable bonds is 3. The average molecular weight is 371 g/mol. The summed E-state index contributed by atoms with van der Waals surface area (Å²) < 4.78 is 2.01. The molecule has 18 heavy (non-hydrogen) atoms. The third-order valence-electron chi connectivity index (χ3n) is 2.93. The van der Waals surface area contributed by atoms with Gasteiger partial charge in [-0.25, -0.2) is 0 Å². The van der Waals surface area contributed by atoms with Gasteiger partial charge in [0, 0.05) is 11.6 Å². The first-order valence-corrected chi connectivity index (χ1v) is 6.51. The molecule has 0 aliphatic carbocycles. The van der Waals surface area contributed by atoms with Crippen molar-refractivity contribution in [3.05, 3.63) is 64.6 Å². The molecule has 0 heterocycles. The Bertz CT molecular complexity index is 495. The van der Waals surface area contributed by atoms with Gasteiger partial charge in [-0.05, 0) is 22.0 Å². The van der Waals surface area contributed by atoms with Crippen LogP contribution in [0.5, 0.6) is 0 Å². The molecule has 0 fully saturated rings. The molecule has 0 radical (unpaired) electrons. The van der Waals surface area contributed by atoms with Crippen LogP contribution in [0.1, 0.15) is 5.56 Å². The van der Waals surface area contributed by atoms with Gasteiger partial charge in [0.15, 0.2) is 0 Å². The van der Waals surface area contributed by atoms with E-state index in [4.69, 9.17) is 0 Å². The summed E-state index contributed by atoms with van der Waals surface area (Å²) in [5.74, 6) is 0. The summed E-state index contributed by atoms with van der Waals surface area (Å²) in [5, 5.41) is 0. The first kappa shape index (κ1) is 15.4. The Labute approximate surface area is 128 Å². The summed E-state index contributed by atoms with van der Waals surface area (Å²) in [6.07, 6.45) is 0. The van der Waals surface area contributed by atoms with E-state index in [1.807, 2.05) is 0 Å². The fraction of sp³-hybridized carbons (Fsp3) is 0.200. The first-order chi connectivity index (χ1) is 8.09. The standard InChI is InChI=1S/C15H17BrN.BrH/c1-17(2,12-13-8-4-3-5-9-13)15-11-7-6-10-14(15)16;/h3-11H,12H2,1-2H3;1H/q+1;/p-1. The Hall–Kier alpha value is -0.640. The van der Waals surface area contributed by atoms with Crippen LogP contribution in [0.2, 0.25) is 0 Å². The second-order valence-corrected chi connectivity index (χ2v) is 5.63. The maximum absolute atomic E-state index is 3.63. The number of halogens is 2. The van der Waals surface area contributed by atoms with Gasteiger partial charge in [-0.1, -0.05) is 42.5 Å². The molecule has 96 valence electrons. The van der Waals surface area contributed by atoms with E-state index in [2.05, 4.69) is 84.6 Å². The highest BCUT2D eigenvalue weighted by Crippen LogP contribution is 2.30. The summed E-state index contributed by atoms with van der Waals surface area (Å²) in [7, 11) is 4.46. The van der Waals surface area contributed by atoms with Crippen molar-refractivity contribution < 1.29 is 17.0 Å². The molecule has 0 unspecified atom stereocenters. The van der Waals surface area contributed by atoms with Gasteiger partial charge in [-0.15, -0.1) is 0 Å². The molecule has 0 aliphatic heterocycles. The Kier molecular flexibility index (Phi) is 5.57.